The van der Waals surface area contributed by atoms with Gasteiger partial charge in [0.1, 0.15) is 11.6 Å². The molecular formula is C12H7ClF2O2S. The summed E-state index contributed by atoms with van der Waals surface area (Å²) in [6.45, 7) is 0. The predicted octanol–water partition coefficient (Wildman–Crippen LogP) is 3.56. The first-order valence-electron chi connectivity index (χ1n) is 4.89. The van der Waals surface area contributed by atoms with Crippen LogP contribution in [0.1, 0.15) is 0 Å². The molecule has 0 saturated carbocycles. The molecule has 0 N–H and O–H groups in total. The van der Waals surface area contributed by atoms with E-state index in [1.165, 1.54) is 24.3 Å². The highest BCUT2D eigenvalue weighted by molar-refractivity contribution is 8.13. The molecule has 0 aromatic heterocycles. The molecular weight excluding hydrogens is 282 g/mol. The molecule has 0 aliphatic heterocycles. The minimum Gasteiger partial charge on any atom is -0.207 e. The largest absolute Gasteiger partial charge is 0.262 e. The monoisotopic (exact) mass is 288 g/mol. The first-order chi connectivity index (χ1) is 8.41. The van der Waals surface area contributed by atoms with E-state index in [1.54, 1.807) is 0 Å². The van der Waals surface area contributed by atoms with Crippen molar-refractivity contribution in [2.24, 2.45) is 0 Å². The summed E-state index contributed by atoms with van der Waals surface area (Å²) >= 11 is 0. The summed E-state index contributed by atoms with van der Waals surface area (Å²) in [5.41, 5.74) is -0.500. The number of benzene rings is 2. The molecule has 0 spiro atoms. The molecule has 2 rings (SSSR count). The second-order valence-corrected chi connectivity index (χ2v) is 6.07. The van der Waals surface area contributed by atoms with E-state index >= 15 is 0 Å². The summed E-state index contributed by atoms with van der Waals surface area (Å²) in [7, 11) is 1.07. The maximum absolute atomic E-state index is 13.8. The van der Waals surface area contributed by atoms with Crippen molar-refractivity contribution >= 4 is 19.7 Å². The molecule has 2 aromatic rings. The zero-order valence-corrected chi connectivity index (χ0v) is 10.5. The molecule has 0 saturated heterocycles. The van der Waals surface area contributed by atoms with Crippen molar-refractivity contribution in [3.05, 3.63) is 54.1 Å². The molecule has 0 atom stereocenters. The van der Waals surface area contributed by atoms with Gasteiger partial charge in [0, 0.05) is 21.8 Å². The first-order valence-corrected chi connectivity index (χ1v) is 7.20. The molecule has 18 heavy (non-hydrogen) atoms. The van der Waals surface area contributed by atoms with Gasteiger partial charge in [0.25, 0.3) is 9.05 Å². The van der Waals surface area contributed by atoms with Crippen LogP contribution in [0.4, 0.5) is 8.78 Å². The van der Waals surface area contributed by atoms with Crippen LogP contribution in [0.5, 0.6) is 0 Å². The third-order valence-electron chi connectivity index (χ3n) is 2.38. The Hall–Kier alpha value is -1.46. The summed E-state index contributed by atoms with van der Waals surface area (Å²) in [6, 6.07) is 8.70. The molecule has 2 aromatic carbocycles. The molecule has 0 heterocycles. The lowest BCUT2D eigenvalue weighted by molar-refractivity contribution is 0.601. The van der Waals surface area contributed by atoms with Gasteiger partial charge in [-0.15, -0.1) is 0 Å². The Kier molecular flexibility index (Phi) is 3.36. The van der Waals surface area contributed by atoms with Gasteiger partial charge in [-0.25, -0.2) is 17.2 Å². The highest BCUT2D eigenvalue weighted by Crippen LogP contribution is 2.33. The molecule has 0 aliphatic rings. The molecule has 2 nitrogen and oxygen atoms in total. The summed E-state index contributed by atoms with van der Waals surface area (Å²) in [5, 5.41) is 0. The van der Waals surface area contributed by atoms with Crippen LogP contribution in [-0.2, 0) is 9.05 Å². The second-order valence-electron chi connectivity index (χ2n) is 3.53. The number of hydrogen-bond donors (Lipinski definition) is 0. The maximum Gasteiger partial charge on any atom is 0.262 e. The Labute approximate surface area is 107 Å². The topological polar surface area (TPSA) is 34.1 Å². The summed E-state index contributed by atoms with van der Waals surface area (Å²) in [4.78, 5) is -0.450. The Morgan fingerprint density at radius 2 is 1.50 bits per heavy atom. The van der Waals surface area contributed by atoms with E-state index in [9.17, 15) is 17.2 Å². The molecule has 0 fully saturated rings. The van der Waals surface area contributed by atoms with E-state index in [1.807, 2.05) is 0 Å². The zero-order valence-electron chi connectivity index (χ0n) is 8.90. The van der Waals surface area contributed by atoms with Crippen LogP contribution < -0.4 is 0 Å². The molecule has 0 aliphatic carbocycles. The smallest absolute Gasteiger partial charge is 0.207 e. The highest BCUT2D eigenvalue weighted by Gasteiger charge is 2.21. The normalized spacial score (nSPS) is 11.5. The van der Waals surface area contributed by atoms with Gasteiger partial charge in [-0.1, -0.05) is 24.3 Å². The van der Waals surface area contributed by atoms with Crippen molar-refractivity contribution in [1.82, 2.24) is 0 Å². The summed E-state index contributed by atoms with van der Waals surface area (Å²) < 4.78 is 50.1. The van der Waals surface area contributed by atoms with Crippen LogP contribution in [0.25, 0.3) is 11.1 Å². The van der Waals surface area contributed by atoms with E-state index in [2.05, 4.69) is 0 Å². The minimum atomic E-state index is -4.16. The Morgan fingerprint density at radius 3 is 2.11 bits per heavy atom. The van der Waals surface area contributed by atoms with Crippen molar-refractivity contribution in [3.8, 4) is 11.1 Å². The molecule has 0 bridgehead atoms. The standard InChI is InChI=1S/C12H7ClF2O2S/c13-18(16,17)11-7-3-6-10(15)12(11)8-4-1-2-5-9(8)14/h1-7H. The van der Waals surface area contributed by atoms with Crippen molar-refractivity contribution in [1.29, 1.82) is 0 Å². The van der Waals surface area contributed by atoms with Crippen LogP contribution in [0.15, 0.2) is 47.4 Å². The van der Waals surface area contributed by atoms with E-state index in [0.717, 1.165) is 18.2 Å². The van der Waals surface area contributed by atoms with Gasteiger partial charge in [-0.2, -0.15) is 0 Å². The molecule has 0 radical (unpaired) electrons. The fourth-order valence-electron chi connectivity index (χ4n) is 1.63. The van der Waals surface area contributed by atoms with Gasteiger partial charge in [0.15, 0.2) is 0 Å². The van der Waals surface area contributed by atoms with Crippen LogP contribution in [-0.4, -0.2) is 8.42 Å². The van der Waals surface area contributed by atoms with Crippen LogP contribution in [0.2, 0.25) is 0 Å². The maximum atomic E-state index is 13.8. The lowest BCUT2D eigenvalue weighted by atomic mass is 10.0. The van der Waals surface area contributed by atoms with Gasteiger partial charge >= 0.3 is 0 Å². The molecule has 0 amide bonds. The fraction of sp³-hybridized carbons (Fsp3) is 0. The Bertz CT molecular complexity index is 699. The van der Waals surface area contributed by atoms with E-state index in [4.69, 9.17) is 10.7 Å². The van der Waals surface area contributed by atoms with Crippen molar-refractivity contribution in [2.75, 3.05) is 0 Å². The second kappa shape index (κ2) is 4.66. The summed E-state index contributed by atoms with van der Waals surface area (Å²) in [5.74, 6) is -1.56. The Morgan fingerprint density at radius 1 is 0.889 bits per heavy atom. The quantitative estimate of drug-likeness (QED) is 0.792. The van der Waals surface area contributed by atoms with Gasteiger partial charge < -0.3 is 0 Å². The van der Waals surface area contributed by atoms with Crippen molar-refractivity contribution in [3.63, 3.8) is 0 Å². The van der Waals surface area contributed by atoms with Crippen LogP contribution in [0, 0.1) is 11.6 Å². The number of hydrogen-bond acceptors (Lipinski definition) is 2. The van der Waals surface area contributed by atoms with Crippen LogP contribution >= 0.6 is 10.7 Å². The van der Waals surface area contributed by atoms with E-state index < -0.39 is 25.6 Å². The highest BCUT2D eigenvalue weighted by atomic mass is 35.7. The number of rotatable bonds is 2. The summed E-state index contributed by atoms with van der Waals surface area (Å²) in [6.07, 6.45) is 0. The zero-order chi connectivity index (χ0) is 13.3. The molecule has 94 valence electrons. The fourth-order valence-corrected chi connectivity index (χ4v) is 2.71. The van der Waals surface area contributed by atoms with E-state index in [0.29, 0.717) is 0 Å². The third-order valence-corrected chi connectivity index (χ3v) is 3.75. The first kappa shape index (κ1) is 13.0. The predicted molar refractivity (Wildman–Crippen MR) is 64.8 cm³/mol. The third kappa shape index (κ3) is 2.37. The molecule has 0 unspecified atom stereocenters. The minimum absolute atomic E-state index is 0.144. The average Bonchev–Trinajstić information content (AvgIpc) is 2.29. The lowest BCUT2D eigenvalue weighted by Crippen LogP contribution is -1.98. The number of halogens is 3. The lowest BCUT2D eigenvalue weighted by Gasteiger charge is -2.09. The van der Waals surface area contributed by atoms with Crippen molar-refractivity contribution in [2.45, 2.75) is 4.90 Å². The van der Waals surface area contributed by atoms with Gasteiger partial charge in [0.05, 0.1) is 4.90 Å². The van der Waals surface area contributed by atoms with Gasteiger partial charge in [-0.3, -0.25) is 0 Å². The average molecular weight is 289 g/mol. The van der Waals surface area contributed by atoms with Gasteiger partial charge in [-0.05, 0) is 18.2 Å². The molecule has 6 heteroatoms. The Balaban J connectivity index is 2.84. The van der Waals surface area contributed by atoms with Crippen LogP contribution in [0.3, 0.4) is 0 Å². The van der Waals surface area contributed by atoms with E-state index in [-0.39, 0.29) is 11.1 Å². The SMILES string of the molecule is O=S(=O)(Cl)c1cccc(F)c1-c1ccccc1F. The van der Waals surface area contributed by atoms with Crippen molar-refractivity contribution < 1.29 is 17.2 Å². The van der Waals surface area contributed by atoms with Gasteiger partial charge in [0.2, 0.25) is 0 Å².